The molecular weight excluding hydrogens is 412 g/mol. The number of hydrogen-bond acceptors (Lipinski definition) is 4. The third kappa shape index (κ3) is 4.15. The van der Waals surface area contributed by atoms with Crippen LogP contribution < -0.4 is 5.32 Å². The van der Waals surface area contributed by atoms with Crippen molar-refractivity contribution < 1.29 is 9.32 Å². The first-order valence-electron chi connectivity index (χ1n) is 10.9. The summed E-state index contributed by atoms with van der Waals surface area (Å²) in [5.41, 5.74) is 5.61. The van der Waals surface area contributed by atoms with Crippen LogP contribution in [0.2, 0.25) is 0 Å². The van der Waals surface area contributed by atoms with Gasteiger partial charge in [-0.1, -0.05) is 95.6 Å². The Labute approximate surface area is 192 Å². The van der Waals surface area contributed by atoms with Crippen LogP contribution in [0.5, 0.6) is 0 Å². The van der Waals surface area contributed by atoms with E-state index in [1.54, 1.807) is 4.90 Å². The van der Waals surface area contributed by atoms with Crippen molar-refractivity contribution in [2.45, 2.75) is 26.4 Å². The third-order valence-corrected chi connectivity index (χ3v) is 5.88. The van der Waals surface area contributed by atoms with E-state index in [1.165, 1.54) is 0 Å². The average molecular weight is 437 g/mol. The maximum Gasteiger partial charge on any atom is 0.322 e. The molecule has 1 aromatic heterocycles. The van der Waals surface area contributed by atoms with E-state index >= 15 is 0 Å². The van der Waals surface area contributed by atoms with E-state index in [0.29, 0.717) is 18.3 Å². The van der Waals surface area contributed by atoms with Crippen molar-refractivity contribution in [3.05, 3.63) is 113 Å². The number of allylic oxidation sites excluding steroid dienone is 1. The first-order valence-corrected chi connectivity index (χ1v) is 10.9. The number of aryl methyl sites for hydroxylation is 1. The molecular formula is C27H24N4O2. The fourth-order valence-corrected chi connectivity index (χ4v) is 4.06. The number of carbonyl (C=O) groups is 1. The number of nitrogens with one attached hydrogen (secondary N) is 1. The number of aromatic nitrogens is 2. The molecule has 0 radical (unpaired) electrons. The Morgan fingerprint density at radius 3 is 2.27 bits per heavy atom. The van der Waals surface area contributed by atoms with E-state index in [9.17, 15) is 4.79 Å². The standard InChI is InChI=1S/C27H24N4O2/c1-18-13-15-21(16-14-18)24-23(26-29-25(30-33-26)22-11-7-4-8-12-22)19(2)31(27(32)28-24)17-20-9-5-3-6-10-20/h3-16,24H,17H2,1-2H3,(H,28,32). The summed E-state index contributed by atoms with van der Waals surface area (Å²) in [7, 11) is 0. The molecule has 0 fully saturated rings. The van der Waals surface area contributed by atoms with Crippen molar-refractivity contribution in [2.75, 3.05) is 0 Å². The Morgan fingerprint density at radius 1 is 0.909 bits per heavy atom. The van der Waals surface area contributed by atoms with E-state index in [0.717, 1.165) is 33.5 Å². The summed E-state index contributed by atoms with van der Waals surface area (Å²) in [6.45, 7) is 4.42. The van der Waals surface area contributed by atoms with Gasteiger partial charge in [0, 0.05) is 11.3 Å². The van der Waals surface area contributed by atoms with Crippen LogP contribution in [0, 0.1) is 6.92 Å². The molecule has 1 aliphatic heterocycles. The van der Waals surface area contributed by atoms with Gasteiger partial charge in [0.05, 0.1) is 18.2 Å². The number of rotatable bonds is 5. The van der Waals surface area contributed by atoms with Gasteiger partial charge in [0.1, 0.15) is 0 Å². The van der Waals surface area contributed by atoms with Crippen LogP contribution in [0.1, 0.15) is 35.5 Å². The van der Waals surface area contributed by atoms with Gasteiger partial charge in [-0.05, 0) is 25.0 Å². The van der Waals surface area contributed by atoms with Gasteiger partial charge in [0.2, 0.25) is 5.82 Å². The normalized spacial score (nSPS) is 16.1. The summed E-state index contributed by atoms with van der Waals surface area (Å²) in [6.07, 6.45) is 0. The minimum absolute atomic E-state index is 0.159. The Balaban J connectivity index is 1.60. The lowest BCUT2D eigenvalue weighted by Gasteiger charge is -2.35. The van der Waals surface area contributed by atoms with Crippen LogP contribution in [-0.2, 0) is 6.54 Å². The lowest BCUT2D eigenvalue weighted by Crippen LogP contribution is -2.45. The molecule has 0 saturated carbocycles. The second-order valence-electron chi connectivity index (χ2n) is 8.15. The van der Waals surface area contributed by atoms with Crippen molar-refractivity contribution >= 4 is 11.6 Å². The Morgan fingerprint density at radius 2 is 1.58 bits per heavy atom. The summed E-state index contributed by atoms with van der Waals surface area (Å²) in [4.78, 5) is 19.6. The quantitative estimate of drug-likeness (QED) is 0.433. The van der Waals surface area contributed by atoms with Crippen molar-refractivity contribution in [3.8, 4) is 11.4 Å². The van der Waals surface area contributed by atoms with Gasteiger partial charge in [-0.25, -0.2) is 4.79 Å². The highest BCUT2D eigenvalue weighted by Gasteiger charge is 2.35. The Hall–Kier alpha value is -4.19. The number of benzene rings is 3. The molecule has 5 rings (SSSR count). The predicted molar refractivity (Wildman–Crippen MR) is 127 cm³/mol. The fraction of sp³-hybridized carbons (Fsp3) is 0.148. The smallest absolute Gasteiger partial charge is 0.322 e. The lowest BCUT2D eigenvalue weighted by molar-refractivity contribution is 0.203. The maximum atomic E-state index is 13.2. The summed E-state index contributed by atoms with van der Waals surface area (Å²) in [6, 6.07) is 27.2. The van der Waals surface area contributed by atoms with E-state index in [4.69, 9.17) is 9.51 Å². The molecule has 0 saturated heterocycles. The molecule has 2 heterocycles. The van der Waals surface area contributed by atoms with Crippen molar-refractivity contribution in [3.63, 3.8) is 0 Å². The summed E-state index contributed by atoms with van der Waals surface area (Å²) in [5, 5.41) is 7.37. The Kier molecular flexibility index (Phi) is 5.48. The topological polar surface area (TPSA) is 71.3 Å². The molecule has 1 aliphatic rings. The maximum absolute atomic E-state index is 13.2. The number of hydrogen-bond donors (Lipinski definition) is 1. The van der Waals surface area contributed by atoms with E-state index < -0.39 is 6.04 Å². The zero-order valence-electron chi connectivity index (χ0n) is 18.5. The van der Waals surface area contributed by atoms with Gasteiger partial charge in [-0.2, -0.15) is 4.98 Å². The molecule has 1 atom stereocenters. The van der Waals surface area contributed by atoms with Gasteiger partial charge in [-0.15, -0.1) is 0 Å². The van der Waals surface area contributed by atoms with Crippen LogP contribution >= 0.6 is 0 Å². The first-order chi connectivity index (χ1) is 16.1. The van der Waals surface area contributed by atoms with Crippen molar-refractivity contribution in [2.24, 2.45) is 0 Å². The molecule has 6 heteroatoms. The molecule has 164 valence electrons. The number of urea groups is 1. The van der Waals surface area contributed by atoms with Crippen LogP contribution in [0.25, 0.3) is 17.0 Å². The van der Waals surface area contributed by atoms with Crippen LogP contribution in [0.15, 0.2) is 95.1 Å². The van der Waals surface area contributed by atoms with Crippen molar-refractivity contribution in [1.29, 1.82) is 0 Å². The van der Waals surface area contributed by atoms with E-state index in [1.807, 2.05) is 98.8 Å². The number of amides is 2. The first kappa shape index (κ1) is 20.7. The van der Waals surface area contributed by atoms with Gasteiger partial charge in [0.25, 0.3) is 5.89 Å². The SMILES string of the molecule is CC1=C(c2nc(-c3ccccc3)no2)C(c2ccc(C)cc2)NC(=O)N1Cc1ccccc1. The molecule has 3 aromatic carbocycles. The molecule has 0 spiro atoms. The fourth-order valence-electron chi connectivity index (χ4n) is 4.06. The molecule has 1 N–H and O–H groups in total. The lowest BCUT2D eigenvalue weighted by atomic mass is 9.94. The summed E-state index contributed by atoms with van der Waals surface area (Å²) < 4.78 is 5.74. The minimum Gasteiger partial charge on any atom is -0.334 e. The van der Waals surface area contributed by atoms with Crippen LogP contribution in [0.4, 0.5) is 4.79 Å². The largest absolute Gasteiger partial charge is 0.334 e. The van der Waals surface area contributed by atoms with Gasteiger partial charge in [-0.3, -0.25) is 4.90 Å². The van der Waals surface area contributed by atoms with Crippen LogP contribution in [0.3, 0.4) is 0 Å². The summed E-state index contributed by atoms with van der Waals surface area (Å²) in [5.74, 6) is 0.912. The zero-order chi connectivity index (χ0) is 22.8. The molecule has 33 heavy (non-hydrogen) atoms. The highest BCUT2D eigenvalue weighted by molar-refractivity contribution is 5.86. The number of carbonyl (C=O) groups excluding carboxylic acids is 1. The average Bonchev–Trinajstić information content (AvgIpc) is 3.33. The molecule has 6 nitrogen and oxygen atoms in total. The van der Waals surface area contributed by atoms with Gasteiger partial charge >= 0.3 is 6.03 Å². The molecule has 0 aliphatic carbocycles. The van der Waals surface area contributed by atoms with E-state index in [2.05, 4.69) is 10.5 Å². The molecule has 1 unspecified atom stereocenters. The van der Waals surface area contributed by atoms with Gasteiger partial charge in [0.15, 0.2) is 0 Å². The minimum atomic E-state index is -0.394. The monoisotopic (exact) mass is 436 g/mol. The number of nitrogens with zero attached hydrogens (tertiary/aromatic N) is 3. The van der Waals surface area contributed by atoms with Crippen molar-refractivity contribution in [1.82, 2.24) is 20.4 Å². The third-order valence-electron chi connectivity index (χ3n) is 5.88. The molecule has 0 bridgehead atoms. The highest BCUT2D eigenvalue weighted by Crippen LogP contribution is 2.37. The Bertz CT molecular complexity index is 1290. The van der Waals surface area contributed by atoms with E-state index in [-0.39, 0.29) is 6.03 Å². The molecule has 2 amide bonds. The molecule has 4 aromatic rings. The predicted octanol–water partition coefficient (Wildman–Crippen LogP) is 5.74. The zero-order valence-corrected chi connectivity index (χ0v) is 18.5. The second kappa shape index (κ2) is 8.74. The second-order valence-corrected chi connectivity index (χ2v) is 8.15. The van der Waals surface area contributed by atoms with Crippen LogP contribution in [-0.4, -0.2) is 21.1 Å². The summed E-state index contributed by atoms with van der Waals surface area (Å²) >= 11 is 0. The van der Waals surface area contributed by atoms with Gasteiger partial charge < -0.3 is 9.84 Å². The highest BCUT2D eigenvalue weighted by atomic mass is 16.5.